The number of hydrogen-bond acceptors (Lipinski definition) is 1. The molecule has 0 saturated heterocycles. The van der Waals surface area contributed by atoms with E-state index in [0.29, 0.717) is 6.54 Å². The van der Waals surface area contributed by atoms with Crippen molar-refractivity contribution in [3.63, 3.8) is 0 Å². The number of aromatic nitrogens is 2. The lowest BCUT2D eigenvalue weighted by molar-refractivity contribution is 0.624. The van der Waals surface area contributed by atoms with Gasteiger partial charge in [-0.25, -0.2) is 4.39 Å². The van der Waals surface area contributed by atoms with E-state index in [1.165, 1.54) is 17.7 Å². The highest BCUT2D eigenvalue weighted by molar-refractivity contribution is 9.10. The highest BCUT2D eigenvalue weighted by atomic mass is 79.9. The fraction of sp³-hybridized carbons (Fsp3) is 0.0952. The Hall–Kier alpha value is -2.46. The maximum Gasteiger partial charge on any atom is 0.123 e. The first-order chi connectivity index (χ1) is 12.2. The normalized spacial score (nSPS) is 13.3. The van der Waals surface area contributed by atoms with Crippen molar-refractivity contribution in [2.24, 2.45) is 0 Å². The largest absolute Gasteiger partial charge is 0.260 e. The van der Waals surface area contributed by atoms with E-state index in [9.17, 15) is 4.39 Å². The van der Waals surface area contributed by atoms with Crippen molar-refractivity contribution in [3.05, 3.63) is 94.4 Å². The zero-order chi connectivity index (χ0) is 17.2. The number of hydrogen-bond donors (Lipinski definition) is 0. The van der Waals surface area contributed by atoms with Crippen LogP contribution in [0.1, 0.15) is 17.7 Å². The molecule has 3 aromatic rings. The maximum atomic E-state index is 13.2. The molecule has 4 heteroatoms. The van der Waals surface area contributed by atoms with Gasteiger partial charge in [0, 0.05) is 4.47 Å². The third kappa shape index (κ3) is 3.49. The summed E-state index contributed by atoms with van der Waals surface area (Å²) in [5.41, 5.74) is 5.39. The summed E-state index contributed by atoms with van der Waals surface area (Å²) in [5.74, 6) is -0.222. The van der Waals surface area contributed by atoms with Crippen molar-refractivity contribution in [2.75, 3.05) is 0 Å². The van der Waals surface area contributed by atoms with E-state index in [0.717, 1.165) is 33.4 Å². The molecule has 4 rings (SSSR count). The smallest absolute Gasteiger partial charge is 0.123 e. The molecule has 0 fully saturated rings. The van der Waals surface area contributed by atoms with Gasteiger partial charge in [0.25, 0.3) is 0 Å². The van der Waals surface area contributed by atoms with Gasteiger partial charge in [0.1, 0.15) is 5.82 Å². The zero-order valence-corrected chi connectivity index (χ0v) is 15.1. The molecule has 0 unspecified atom stereocenters. The Morgan fingerprint density at radius 3 is 2.48 bits per heavy atom. The van der Waals surface area contributed by atoms with E-state index in [2.05, 4.69) is 52.4 Å². The molecule has 1 aromatic heterocycles. The summed E-state index contributed by atoms with van der Waals surface area (Å²) in [6, 6.07) is 16.9. The van der Waals surface area contributed by atoms with Gasteiger partial charge in [0.15, 0.2) is 0 Å². The topological polar surface area (TPSA) is 17.8 Å². The summed E-state index contributed by atoms with van der Waals surface area (Å²) in [7, 11) is 0. The highest BCUT2D eigenvalue weighted by Crippen LogP contribution is 2.29. The van der Waals surface area contributed by atoms with Crippen LogP contribution in [0.5, 0.6) is 0 Å². The molecule has 0 bridgehead atoms. The number of allylic oxidation sites excluding steroid dienone is 4. The van der Waals surface area contributed by atoms with Gasteiger partial charge in [0.05, 0.1) is 17.9 Å². The van der Waals surface area contributed by atoms with Gasteiger partial charge in [-0.3, -0.25) is 4.68 Å². The zero-order valence-electron chi connectivity index (χ0n) is 13.5. The van der Waals surface area contributed by atoms with Gasteiger partial charge in [-0.1, -0.05) is 58.4 Å². The summed E-state index contributed by atoms with van der Waals surface area (Å²) in [6.07, 6.45) is 7.21. The summed E-state index contributed by atoms with van der Waals surface area (Å²) in [5, 5.41) is 4.81. The van der Waals surface area contributed by atoms with Crippen LogP contribution in [0.2, 0.25) is 0 Å². The van der Waals surface area contributed by atoms with E-state index >= 15 is 0 Å². The molecule has 124 valence electrons. The molecule has 1 aliphatic carbocycles. The number of halogens is 2. The predicted octanol–water partition coefficient (Wildman–Crippen LogP) is 5.84. The Balaban J connectivity index is 1.74. The third-order valence-electron chi connectivity index (χ3n) is 4.27. The van der Waals surface area contributed by atoms with Crippen molar-refractivity contribution in [3.8, 4) is 11.3 Å². The average Bonchev–Trinajstić information content (AvgIpc) is 3.27. The van der Waals surface area contributed by atoms with Gasteiger partial charge in [-0.15, -0.1) is 0 Å². The minimum Gasteiger partial charge on any atom is -0.260 e. The van der Waals surface area contributed by atoms with Crippen LogP contribution >= 0.6 is 15.9 Å². The lowest BCUT2D eigenvalue weighted by Gasteiger charge is -2.08. The molecule has 25 heavy (non-hydrogen) atoms. The van der Waals surface area contributed by atoms with E-state index in [1.807, 2.05) is 16.8 Å². The summed E-state index contributed by atoms with van der Waals surface area (Å²) in [4.78, 5) is 0. The lowest BCUT2D eigenvalue weighted by Crippen LogP contribution is -2.04. The van der Waals surface area contributed by atoms with Gasteiger partial charge in [-0.05, 0) is 53.5 Å². The Morgan fingerprint density at radius 2 is 1.80 bits per heavy atom. The van der Waals surface area contributed by atoms with Gasteiger partial charge >= 0.3 is 0 Å². The molecule has 2 aromatic carbocycles. The van der Waals surface area contributed by atoms with Crippen LogP contribution in [0.15, 0.2) is 77.3 Å². The van der Waals surface area contributed by atoms with E-state index in [-0.39, 0.29) is 5.82 Å². The van der Waals surface area contributed by atoms with E-state index in [4.69, 9.17) is 5.10 Å². The first-order valence-electron chi connectivity index (χ1n) is 8.13. The summed E-state index contributed by atoms with van der Waals surface area (Å²) >= 11 is 3.48. The minimum atomic E-state index is -0.222. The Labute approximate surface area is 154 Å². The molecular weight excluding hydrogens is 379 g/mol. The monoisotopic (exact) mass is 394 g/mol. The van der Waals surface area contributed by atoms with Crippen molar-refractivity contribution in [2.45, 2.75) is 13.0 Å². The molecule has 0 N–H and O–H groups in total. The van der Waals surface area contributed by atoms with Crippen LogP contribution in [0.4, 0.5) is 4.39 Å². The molecular formula is C21H16BrFN2. The van der Waals surface area contributed by atoms with Crippen LogP contribution in [-0.2, 0) is 6.54 Å². The van der Waals surface area contributed by atoms with Gasteiger partial charge in [-0.2, -0.15) is 5.10 Å². The lowest BCUT2D eigenvalue weighted by atomic mass is 10.1. The second kappa shape index (κ2) is 6.81. The Morgan fingerprint density at radius 1 is 1.04 bits per heavy atom. The van der Waals surface area contributed by atoms with Gasteiger partial charge < -0.3 is 0 Å². The van der Waals surface area contributed by atoms with Crippen LogP contribution < -0.4 is 0 Å². The fourth-order valence-electron chi connectivity index (χ4n) is 2.95. The Kier molecular flexibility index (Phi) is 4.36. The predicted molar refractivity (Wildman–Crippen MR) is 103 cm³/mol. The van der Waals surface area contributed by atoms with Crippen molar-refractivity contribution < 1.29 is 4.39 Å². The second-order valence-corrected chi connectivity index (χ2v) is 6.95. The quantitative estimate of drug-likeness (QED) is 0.543. The first kappa shape index (κ1) is 16.0. The number of benzene rings is 2. The SMILES string of the molecule is Fc1ccc(Cn2nc(C3=CC=CC3)cc2-c2ccc(Br)cc2)cc1. The summed E-state index contributed by atoms with van der Waals surface area (Å²) in [6.45, 7) is 0.604. The number of nitrogens with zero attached hydrogens (tertiary/aromatic N) is 2. The van der Waals surface area contributed by atoms with Gasteiger partial charge in [0.2, 0.25) is 0 Å². The van der Waals surface area contributed by atoms with E-state index in [1.54, 1.807) is 12.1 Å². The van der Waals surface area contributed by atoms with Crippen LogP contribution in [0.25, 0.3) is 16.8 Å². The third-order valence-corrected chi connectivity index (χ3v) is 4.79. The van der Waals surface area contributed by atoms with Crippen LogP contribution in [-0.4, -0.2) is 9.78 Å². The Bertz CT molecular complexity index is 951. The fourth-order valence-corrected chi connectivity index (χ4v) is 3.21. The van der Waals surface area contributed by atoms with E-state index < -0.39 is 0 Å². The second-order valence-electron chi connectivity index (χ2n) is 6.03. The standard InChI is InChI=1S/C21H16BrFN2/c22-18-9-7-17(8-10-18)21-13-20(16-3-1-2-4-16)24-25(21)14-15-5-11-19(23)12-6-15/h1-3,5-13H,4,14H2. The van der Waals surface area contributed by atoms with Crippen molar-refractivity contribution >= 4 is 21.5 Å². The molecule has 1 aliphatic rings. The molecule has 0 saturated carbocycles. The molecule has 0 radical (unpaired) electrons. The molecule has 0 aliphatic heterocycles. The minimum absolute atomic E-state index is 0.222. The number of rotatable bonds is 4. The van der Waals surface area contributed by atoms with Crippen LogP contribution in [0.3, 0.4) is 0 Å². The first-order valence-corrected chi connectivity index (χ1v) is 8.93. The molecule has 1 heterocycles. The van der Waals surface area contributed by atoms with Crippen molar-refractivity contribution in [1.82, 2.24) is 9.78 Å². The molecule has 2 nitrogen and oxygen atoms in total. The average molecular weight is 395 g/mol. The molecule has 0 spiro atoms. The molecule has 0 atom stereocenters. The molecule has 0 amide bonds. The summed E-state index contributed by atoms with van der Waals surface area (Å²) < 4.78 is 16.2. The van der Waals surface area contributed by atoms with Crippen LogP contribution in [0, 0.1) is 5.82 Å². The highest BCUT2D eigenvalue weighted by Gasteiger charge is 2.14. The van der Waals surface area contributed by atoms with Crippen molar-refractivity contribution in [1.29, 1.82) is 0 Å². The maximum absolute atomic E-state index is 13.2.